The standard InChI is InChI=1S/C13H18BrNOS/c1-4-16-12-6-5-10(7-11(12)14)8(2)9(3)13(15)17/h5-9H,4H2,1-3H3,(H2,15,17). The predicted octanol–water partition coefficient (Wildman–Crippen LogP) is 3.87. The van der Waals surface area contributed by atoms with Crippen molar-refractivity contribution < 1.29 is 4.74 Å². The fraction of sp³-hybridized carbons (Fsp3) is 0.462. The average Bonchev–Trinajstić information content (AvgIpc) is 2.30. The van der Waals surface area contributed by atoms with E-state index < -0.39 is 0 Å². The van der Waals surface area contributed by atoms with Crippen molar-refractivity contribution >= 4 is 33.1 Å². The zero-order chi connectivity index (χ0) is 13.0. The monoisotopic (exact) mass is 315 g/mol. The quantitative estimate of drug-likeness (QED) is 0.838. The highest BCUT2D eigenvalue weighted by Crippen LogP contribution is 2.31. The van der Waals surface area contributed by atoms with E-state index in [4.69, 9.17) is 22.7 Å². The van der Waals surface area contributed by atoms with Crippen LogP contribution in [0.15, 0.2) is 22.7 Å². The van der Waals surface area contributed by atoms with Crippen LogP contribution in [0, 0.1) is 5.92 Å². The van der Waals surface area contributed by atoms with E-state index in [1.165, 1.54) is 5.56 Å². The summed E-state index contributed by atoms with van der Waals surface area (Å²) in [6, 6.07) is 6.12. The largest absolute Gasteiger partial charge is 0.493 e. The van der Waals surface area contributed by atoms with Gasteiger partial charge in [-0.1, -0.05) is 32.1 Å². The lowest BCUT2D eigenvalue weighted by molar-refractivity contribution is 0.338. The molecule has 2 N–H and O–H groups in total. The van der Waals surface area contributed by atoms with E-state index in [0.717, 1.165) is 10.2 Å². The van der Waals surface area contributed by atoms with E-state index in [0.29, 0.717) is 17.5 Å². The first-order valence-corrected chi connectivity index (χ1v) is 6.89. The third kappa shape index (κ3) is 3.68. The second-order valence-corrected chi connectivity index (χ2v) is 5.43. The minimum Gasteiger partial charge on any atom is -0.493 e. The summed E-state index contributed by atoms with van der Waals surface area (Å²) in [5.74, 6) is 1.36. The van der Waals surface area contributed by atoms with Gasteiger partial charge in [0.1, 0.15) is 5.75 Å². The van der Waals surface area contributed by atoms with Crippen LogP contribution in [0.5, 0.6) is 5.75 Å². The third-order valence-corrected chi connectivity index (χ3v) is 3.97. The first kappa shape index (κ1) is 14.5. The van der Waals surface area contributed by atoms with Crippen LogP contribution in [0.2, 0.25) is 0 Å². The molecule has 0 saturated carbocycles. The van der Waals surface area contributed by atoms with E-state index in [1.807, 2.05) is 13.0 Å². The normalized spacial score (nSPS) is 14.1. The van der Waals surface area contributed by atoms with E-state index in [2.05, 4.69) is 41.9 Å². The Labute approximate surface area is 117 Å². The van der Waals surface area contributed by atoms with Gasteiger partial charge in [-0.05, 0) is 46.5 Å². The molecule has 0 spiro atoms. The molecule has 0 amide bonds. The summed E-state index contributed by atoms with van der Waals surface area (Å²) in [6.45, 7) is 6.82. The molecule has 0 radical (unpaired) electrons. The van der Waals surface area contributed by atoms with Crippen molar-refractivity contribution in [3.63, 3.8) is 0 Å². The van der Waals surface area contributed by atoms with Gasteiger partial charge >= 0.3 is 0 Å². The Morgan fingerprint density at radius 3 is 2.59 bits per heavy atom. The highest BCUT2D eigenvalue weighted by molar-refractivity contribution is 9.10. The molecule has 2 atom stereocenters. The van der Waals surface area contributed by atoms with Crippen molar-refractivity contribution in [1.82, 2.24) is 0 Å². The van der Waals surface area contributed by atoms with Crippen molar-refractivity contribution in [3.05, 3.63) is 28.2 Å². The smallest absolute Gasteiger partial charge is 0.133 e. The summed E-state index contributed by atoms with van der Waals surface area (Å²) in [7, 11) is 0. The molecule has 1 aromatic rings. The van der Waals surface area contributed by atoms with Crippen LogP contribution < -0.4 is 10.5 Å². The molecule has 0 bridgehead atoms. The molecule has 0 aliphatic rings. The first-order chi connectivity index (χ1) is 7.97. The molecule has 0 aliphatic heterocycles. The SMILES string of the molecule is CCOc1ccc(C(C)C(C)C(N)=S)cc1Br. The van der Waals surface area contributed by atoms with E-state index >= 15 is 0 Å². The number of thiocarbonyl (C=S) groups is 1. The van der Waals surface area contributed by atoms with E-state index in [-0.39, 0.29) is 5.92 Å². The lowest BCUT2D eigenvalue weighted by Gasteiger charge is -2.20. The van der Waals surface area contributed by atoms with Crippen molar-refractivity contribution in [3.8, 4) is 5.75 Å². The summed E-state index contributed by atoms with van der Waals surface area (Å²) in [5.41, 5.74) is 6.89. The van der Waals surface area contributed by atoms with Gasteiger partial charge in [0.25, 0.3) is 0 Å². The molecule has 0 aliphatic carbocycles. The Morgan fingerprint density at radius 2 is 2.12 bits per heavy atom. The maximum absolute atomic E-state index is 5.68. The maximum Gasteiger partial charge on any atom is 0.133 e. The highest BCUT2D eigenvalue weighted by atomic mass is 79.9. The van der Waals surface area contributed by atoms with Gasteiger partial charge in [-0.3, -0.25) is 0 Å². The van der Waals surface area contributed by atoms with Gasteiger partial charge in [-0.25, -0.2) is 0 Å². The van der Waals surface area contributed by atoms with Crippen molar-refractivity contribution in [2.75, 3.05) is 6.61 Å². The third-order valence-electron chi connectivity index (χ3n) is 2.98. The molecule has 0 saturated heterocycles. The molecular formula is C13H18BrNOS. The Morgan fingerprint density at radius 1 is 1.47 bits per heavy atom. The van der Waals surface area contributed by atoms with Crippen LogP contribution in [0.1, 0.15) is 32.3 Å². The van der Waals surface area contributed by atoms with Gasteiger partial charge in [0.05, 0.1) is 16.1 Å². The van der Waals surface area contributed by atoms with Gasteiger partial charge in [0, 0.05) is 5.92 Å². The van der Waals surface area contributed by atoms with Crippen molar-refractivity contribution in [2.24, 2.45) is 11.7 Å². The van der Waals surface area contributed by atoms with Gasteiger partial charge in [0.2, 0.25) is 0 Å². The zero-order valence-corrected chi connectivity index (χ0v) is 12.8. The second-order valence-electron chi connectivity index (χ2n) is 4.10. The molecule has 1 aromatic carbocycles. The Balaban J connectivity index is 2.93. The number of hydrogen-bond donors (Lipinski definition) is 1. The molecule has 1 rings (SSSR count). The van der Waals surface area contributed by atoms with Gasteiger partial charge < -0.3 is 10.5 Å². The molecule has 17 heavy (non-hydrogen) atoms. The Bertz CT molecular complexity index is 408. The molecule has 0 aromatic heterocycles. The fourth-order valence-corrected chi connectivity index (χ4v) is 2.32. The molecule has 94 valence electrons. The molecular weight excluding hydrogens is 298 g/mol. The number of hydrogen-bond acceptors (Lipinski definition) is 2. The Hall–Kier alpha value is -0.610. The van der Waals surface area contributed by atoms with Crippen LogP contribution in [0.25, 0.3) is 0 Å². The van der Waals surface area contributed by atoms with Gasteiger partial charge in [-0.2, -0.15) is 0 Å². The maximum atomic E-state index is 5.68. The second kappa shape index (κ2) is 6.36. The summed E-state index contributed by atoms with van der Waals surface area (Å²) in [5, 5.41) is 0. The van der Waals surface area contributed by atoms with E-state index in [1.54, 1.807) is 0 Å². The minimum absolute atomic E-state index is 0.190. The van der Waals surface area contributed by atoms with Gasteiger partial charge in [-0.15, -0.1) is 0 Å². The number of halogens is 1. The average molecular weight is 316 g/mol. The number of ether oxygens (including phenoxy) is 1. The lowest BCUT2D eigenvalue weighted by atomic mass is 9.89. The molecule has 0 heterocycles. The van der Waals surface area contributed by atoms with Crippen LogP contribution >= 0.6 is 28.1 Å². The van der Waals surface area contributed by atoms with Crippen LogP contribution in [-0.4, -0.2) is 11.6 Å². The predicted molar refractivity (Wildman–Crippen MR) is 79.7 cm³/mol. The molecule has 0 fully saturated rings. The molecule has 4 heteroatoms. The summed E-state index contributed by atoms with van der Waals surface area (Å²) >= 11 is 8.55. The van der Waals surface area contributed by atoms with Gasteiger partial charge in [0.15, 0.2) is 0 Å². The van der Waals surface area contributed by atoms with Crippen molar-refractivity contribution in [1.29, 1.82) is 0 Å². The Kier molecular flexibility index (Phi) is 5.40. The molecule has 2 unspecified atom stereocenters. The summed E-state index contributed by atoms with van der Waals surface area (Å²) in [4.78, 5) is 0.558. The minimum atomic E-state index is 0.190. The van der Waals surface area contributed by atoms with Crippen molar-refractivity contribution in [2.45, 2.75) is 26.7 Å². The number of benzene rings is 1. The topological polar surface area (TPSA) is 35.2 Å². The van der Waals surface area contributed by atoms with E-state index in [9.17, 15) is 0 Å². The van der Waals surface area contributed by atoms with Crippen LogP contribution in [-0.2, 0) is 0 Å². The summed E-state index contributed by atoms with van der Waals surface area (Å²) in [6.07, 6.45) is 0. The lowest BCUT2D eigenvalue weighted by Crippen LogP contribution is -2.23. The summed E-state index contributed by atoms with van der Waals surface area (Å²) < 4.78 is 6.45. The zero-order valence-electron chi connectivity index (χ0n) is 10.4. The van der Waals surface area contributed by atoms with Crippen LogP contribution in [0.3, 0.4) is 0 Å². The number of rotatable bonds is 5. The molecule has 2 nitrogen and oxygen atoms in total. The first-order valence-electron chi connectivity index (χ1n) is 5.69. The highest BCUT2D eigenvalue weighted by Gasteiger charge is 2.17. The van der Waals surface area contributed by atoms with Crippen LogP contribution in [0.4, 0.5) is 0 Å². The fourth-order valence-electron chi connectivity index (χ4n) is 1.61. The number of nitrogens with two attached hydrogens (primary N) is 1.